The van der Waals surface area contributed by atoms with Gasteiger partial charge in [-0.2, -0.15) is 0 Å². The largest absolute Gasteiger partial charge is 0.503 e. The third-order valence-corrected chi connectivity index (χ3v) is 7.82. The highest BCUT2D eigenvalue weighted by molar-refractivity contribution is 7.17. The lowest BCUT2D eigenvalue weighted by molar-refractivity contribution is -0.117. The summed E-state index contributed by atoms with van der Waals surface area (Å²) >= 11 is 1.24. The first-order valence-electron chi connectivity index (χ1n) is 12.4. The van der Waals surface area contributed by atoms with Gasteiger partial charge in [-0.1, -0.05) is 42.5 Å². The standard InChI is InChI=1S/C30H24N2O6S/c1-3-36-21-12-9-18(10-13-21)25-24(26(33)28-17(2)31-29(39-28)19-7-5-4-6-8-19)27(34)30(35)32(25)20-11-14-22-23(15-20)38-16-37-22/h4-15,25,34H,3,16H2,1-2H3. The van der Waals surface area contributed by atoms with Gasteiger partial charge in [0.15, 0.2) is 17.3 Å². The molecule has 0 radical (unpaired) electrons. The number of ketones is 1. The number of amides is 1. The number of carbonyl (C=O) groups is 2. The summed E-state index contributed by atoms with van der Waals surface area (Å²) in [5, 5.41) is 11.9. The Morgan fingerprint density at radius 1 is 1.08 bits per heavy atom. The normalized spacial score (nSPS) is 16.2. The summed E-state index contributed by atoms with van der Waals surface area (Å²) in [7, 11) is 0. The molecular weight excluding hydrogens is 516 g/mol. The second kappa shape index (κ2) is 9.92. The molecule has 1 unspecified atom stereocenters. The molecule has 0 aliphatic carbocycles. The van der Waals surface area contributed by atoms with Crippen LogP contribution in [0.4, 0.5) is 5.69 Å². The van der Waals surface area contributed by atoms with Gasteiger partial charge in [0.1, 0.15) is 10.8 Å². The van der Waals surface area contributed by atoms with Crippen LogP contribution in [0.2, 0.25) is 0 Å². The first-order chi connectivity index (χ1) is 19.0. The molecule has 8 nitrogen and oxygen atoms in total. The number of aryl methyl sites for hydroxylation is 1. The maximum atomic E-state index is 14.1. The molecule has 1 atom stereocenters. The molecule has 3 aromatic carbocycles. The quantitative estimate of drug-likeness (QED) is 0.286. The van der Waals surface area contributed by atoms with Crippen LogP contribution in [-0.2, 0) is 4.79 Å². The molecule has 4 aromatic rings. The Labute approximate surface area is 228 Å². The van der Waals surface area contributed by atoms with Crippen LogP contribution in [-0.4, -0.2) is 35.2 Å². The first kappa shape index (κ1) is 24.7. The number of Topliss-reactive ketones (excluding diaryl/α,β-unsaturated/α-hetero) is 1. The van der Waals surface area contributed by atoms with Crippen LogP contribution in [0.1, 0.15) is 33.9 Å². The van der Waals surface area contributed by atoms with E-state index in [2.05, 4.69) is 4.98 Å². The summed E-state index contributed by atoms with van der Waals surface area (Å²) in [6.07, 6.45) is 0. The topological polar surface area (TPSA) is 98.2 Å². The molecular formula is C30H24N2O6S. The van der Waals surface area contributed by atoms with Gasteiger partial charge >= 0.3 is 0 Å². The molecule has 0 bridgehead atoms. The average molecular weight is 541 g/mol. The molecule has 1 aromatic heterocycles. The van der Waals surface area contributed by atoms with Crippen LogP contribution in [0.5, 0.6) is 17.2 Å². The molecule has 2 aliphatic rings. The van der Waals surface area contributed by atoms with E-state index in [1.165, 1.54) is 16.2 Å². The van der Waals surface area contributed by atoms with Crippen molar-refractivity contribution in [2.24, 2.45) is 0 Å². The predicted molar refractivity (Wildman–Crippen MR) is 147 cm³/mol. The van der Waals surface area contributed by atoms with Crippen molar-refractivity contribution in [1.29, 1.82) is 0 Å². The number of aliphatic hydroxyl groups excluding tert-OH is 1. The zero-order valence-corrected chi connectivity index (χ0v) is 22.0. The van der Waals surface area contributed by atoms with Crippen LogP contribution in [0.25, 0.3) is 10.6 Å². The number of aliphatic hydroxyl groups is 1. The smallest absolute Gasteiger partial charge is 0.294 e. The number of fused-ring (bicyclic) bond motifs is 1. The molecule has 0 saturated carbocycles. The van der Waals surface area contributed by atoms with Gasteiger partial charge in [0.25, 0.3) is 5.91 Å². The second-order valence-electron chi connectivity index (χ2n) is 9.01. The van der Waals surface area contributed by atoms with E-state index in [1.807, 2.05) is 37.3 Å². The molecule has 196 valence electrons. The van der Waals surface area contributed by atoms with Crippen LogP contribution in [0.3, 0.4) is 0 Å². The highest BCUT2D eigenvalue weighted by Gasteiger charge is 2.45. The van der Waals surface area contributed by atoms with E-state index in [9.17, 15) is 14.7 Å². The van der Waals surface area contributed by atoms with Crippen LogP contribution < -0.4 is 19.1 Å². The number of ether oxygens (including phenoxy) is 3. The van der Waals surface area contributed by atoms with E-state index in [-0.39, 0.29) is 12.4 Å². The minimum atomic E-state index is -0.886. The van der Waals surface area contributed by atoms with Crippen LogP contribution in [0.15, 0.2) is 84.1 Å². The van der Waals surface area contributed by atoms with E-state index in [1.54, 1.807) is 49.4 Å². The van der Waals surface area contributed by atoms with Crippen molar-refractivity contribution in [2.75, 3.05) is 18.3 Å². The molecule has 0 fully saturated rings. The monoisotopic (exact) mass is 540 g/mol. The molecule has 0 saturated heterocycles. The van der Waals surface area contributed by atoms with Gasteiger partial charge in [-0.15, -0.1) is 11.3 Å². The van der Waals surface area contributed by atoms with Gasteiger partial charge in [0, 0.05) is 17.3 Å². The van der Waals surface area contributed by atoms with Crippen molar-refractivity contribution in [3.05, 3.63) is 100 Å². The van der Waals surface area contributed by atoms with Gasteiger partial charge in [-0.25, -0.2) is 4.98 Å². The summed E-state index contributed by atoms with van der Waals surface area (Å²) in [6.45, 7) is 4.23. The molecule has 3 heterocycles. The summed E-state index contributed by atoms with van der Waals surface area (Å²) in [4.78, 5) is 34.1. The van der Waals surface area contributed by atoms with Crippen LogP contribution >= 0.6 is 11.3 Å². The highest BCUT2D eigenvalue weighted by atomic mass is 32.1. The number of thiazole rings is 1. The Kier molecular flexibility index (Phi) is 6.28. The fourth-order valence-electron chi connectivity index (χ4n) is 4.80. The van der Waals surface area contributed by atoms with E-state index in [0.717, 1.165) is 5.56 Å². The van der Waals surface area contributed by atoms with Crippen molar-refractivity contribution in [3.8, 4) is 27.8 Å². The van der Waals surface area contributed by atoms with E-state index >= 15 is 0 Å². The minimum absolute atomic E-state index is 0.00631. The zero-order chi connectivity index (χ0) is 27.1. The lowest BCUT2D eigenvalue weighted by atomic mass is 9.94. The number of rotatable bonds is 7. The van der Waals surface area contributed by atoms with Crippen molar-refractivity contribution >= 4 is 28.7 Å². The number of hydrogen-bond acceptors (Lipinski definition) is 8. The predicted octanol–water partition coefficient (Wildman–Crippen LogP) is 6.03. The Balaban J connectivity index is 1.45. The molecule has 2 aliphatic heterocycles. The molecule has 1 amide bonds. The maximum Gasteiger partial charge on any atom is 0.294 e. The van der Waals surface area contributed by atoms with Gasteiger partial charge in [0.2, 0.25) is 12.6 Å². The Bertz CT molecular complexity index is 1610. The fraction of sp³-hybridized carbons (Fsp3) is 0.167. The van der Waals surface area contributed by atoms with Gasteiger partial charge in [0.05, 0.1) is 28.8 Å². The number of nitrogens with zero attached hydrogens (tertiary/aromatic N) is 2. The number of hydrogen-bond donors (Lipinski definition) is 1. The molecule has 6 rings (SSSR count). The molecule has 39 heavy (non-hydrogen) atoms. The SMILES string of the molecule is CCOc1ccc(C2C(C(=O)c3sc(-c4ccccc4)nc3C)=C(O)C(=O)N2c2ccc3c(c2)OCO3)cc1. The van der Waals surface area contributed by atoms with Gasteiger partial charge in [-0.3, -0.25) is 14.5 Å². The molecule has 1 N–H and O–H groups in total. The summed E-state index contributed by atoms with van der Waals surface area (Å²) < 4.78 is 16.5. The zero-order valence-electron chi connectivity index (χ0n) is 21.2. The lowest BCUT2D eigenvalue weighted by Crippen LogP contribution is -2.31. The molecule has 0 spiro atoms. The Morgan fingerprint density at radius 2 is 1.82 bits per heavy atom. The highest BCUT2D eigenvalue weighted by Crippen LogP contribution is 2.46. The van der Waals surface area contributed by atoms with Crippen molar-refractivity contribution in [2.45, 2.75) is 19.9 Å². The van der Waals surface area contributed by atoms with Crippen molar-refractivity contribution < 1.29 is 28.9 Å². The number of carbonyl (C=O) groups excluding carboxylic acids is 2. The van der Waals surface area contributed by atoms with Crippen LogP contribution in [0, 0.1) is 6.92 Å². The van der Waals surface area contributed by atoms with Gasteiger partial charge in [-0.05, 0) is 43.7 Å². The van der Waals surface area contributed by atoms with Gasteiger partial charge < -0.3 is 19.3 Å². The minimum Gasteiger partial charge on any atom is -0.503 e. The second-order valence-corrected chi connectivity index (χ2v) is 10.0. The van der Waals surface area contributed by atoms with E-state index in [0.29, 0.717) is 50.7 Å². The number of aromatic nitrogens is 1. The Morgan fingerprint density at radius 3 is 2.56 bits per heavy atom. The first-order valence-corrected chi connectivity index (χ1v) is 13.2. The average Bonchev–Trinajstić information content (AvgIpc) is 3.65. The fourth-order valence-corrected chi connectivity index (χ4v) is 5.83. The van der Waals surface area contributed by atoms with Crippen molar-refractivity contribution in [3.63, 3.8) is 0 Å². The lowest BCUT2D eigenvalue weighted by Gasteiger charge is -2.27. The van der Waals surface area contributed by atoms with E-state index in [4.69, 9.17) is 14.2 Å². The summed E-state index contributed by atoms with van der Waals surface area (Å²) in [5.74, 6) is -0.0135. The summed E-state index contributed by atoms with van der Waals surface area (Å²) in [6, 6.07) is 20.9. The maximum absolute atomic E-state index is 14.1. The third-order valence-electron chi connectivity index (χ3n) is 6.62. The number of anilines is 1. The Hall–Kier alpha value is -4.63. The number of benzene rings is 3. The summed E-state index contributed by atoms with van der Waals surface area (Å²) in [5.41, 5.74) is 2.51. The third kappa shape index (κ3) is 4.30. The van der Waals surface area contributed by atoms with E-state index < -0.39 is 23.5 Å². The molecule has 9 heteroatoms. The van der Waals surface area contributed by atoms with Crippen molar-refractivity contribution in [1.82, 2.24) is 4.98 Å².